The van der Waals surface area contributed by atoms with Crippen LogP contribution in [-0.2, 0) is 4.74 Å². The van der Waals surface area contributed by atoms with Crippen molar-refractivity contribution in [3.05, 3.63) is 88.9 Å². The molecule has 0 spiro atoms. The van der Waals surface area contributed by atoms with Gasteiger partial charge in [0, 0.05) is 22.0 Å². The minimum Gasteiger partial charge on any atom is -0.497 e. The Morgan fingerprint density at radius 3 is 2.36 bits per heavy atom. The topological polar surface area (TPSA) is 74.7 Å². The molecule has 4 rings (SSSR count). The Hall–Kier alpha value is -3.90. The van der Waals surface area contributed by atoms with Gasteiger partial charge in [-0.15, -0.1) is 0 Å². The number of hydrogen-bond donors (Lipinski definition) is 0. The number of pyridine rings is 1. The predicted molar refractivity (Wildman–Crippen MR) is 126 cm³/mol. The first-order valence-electron chi connectivity index (χ1n) is 10.1. The van der Waals surface area contributed by atoms with Crippen LogP contribution in [0.3, 0.4) is 0 Å². The van der Waals surface area contributed by atoms with E-state index in [2.05, 4.69) is 4.98 Å². The van der Waals surface area contributed by atoms with Crippen molar-refractivity contribution in [1.82, 2.24) is 4.98 Å². The molecule has 0 aliphatic heterocycles. The number of para-hydroxylation sites is 1. The first kappa shape index (κ1) is 22.3. The number of aromatic nitrogens is 1. The highest BCUT2D eigenvalue weighted by Crippen LogP contribution is 2.27. The normalized spacial score (nSPS) is 10.6. The van der Waals surface area contributed by atoms with Crippen LogP contribution in [0.25, 0.3) is 22.2 Å². The number of methoxy groups -OCH3 is 2. The first-order valence-corrected chi connectivity index (χ1v) is 10.5. The SMILES string of the molecule is COc1ccc(C(=O)COC(=O)c2cc(-c3ccc(Cl)cc3)nc3ccccc23)c(OC)c1. The van der Waals surface area contributed by atoms with E-state index in [1.807, 2.05) is 30.3 Å². The van der Waals surface area contributed by atoms with Crippen molar-refractivity contribution in [1.29, 1.82) is 0 Å². The molecule has 0 unspecified atom stereocenters. The number of rotatable bonds is 7. The van der Waals surface area contributed by atoms with Gasteiger partial charge in [-0.05, 0) is 36.4 Å². The molecule has 3 aromatic carbocycles. The van der Waals surface area contributed by atoms with Crippen molar-refractivity contribution >= 4 is 34.3 Å². The van der Waals surface area contributed by atoms with Gasteiger partial charge in [0.05, 0.1) is 36.6 Å². The Labute approximate surface area is 195 Å². The third-order valence-corrected chi connectivity index (χ3v) is 5.37. The Kier molecular flexibility index (Phi) is 6.56. The number of fused-ring (bicyclic) bond motifs is 1. The number of ketones is 1. The van der Waals surface area contributed by atoms with Crippen LogP contribution in [0.1, 0.15) is 20.7 Å². The molecule has 0 amide bonds. The van der Waals surface area contributed by atoms with E-state index in [0.29, 0.717) is 44.2 Å². The first-order chi connectivity index (χ1) is 16.0. The van der Waals surface area contributed by atoms with Crippen LogP contribution in [0.4, 0.5) is 0 Å². The number of Topliss-reactive ketones (excluding diaryl/α,β-unsaturated/α-hetero) is 1. The van der Waals surface area contributed by atoms with Crippen LogP contribution in [-0.4, -0.2) is 37.6 Å². The number of nitrogens with zero attached hydrogens (tertiary/aromatic N) is 1. The van der Waals surface area contributed by atoms with Crippen LogP contribution in [0, 0.1) is 0 Å². The average molecular weight is 462 g/mol. The molecule has 0 fully saturated rings. The standard InChI is InChI=1S/C26H20ClNO5/c1-31-18-11-12-20(25(13-18)32-2)24(29)15-33-26(30)21-14-23(16-7-9-17(27)10-8-16)28-22-6-4-3-5-19(21)22/h3-14H,15H2,1-2H3. The summed E-state index contributed by atoms with van der Waals surface area (Å²) >= 11 is 5.99. The van der Waals surface area contributed by atoms with Crippen molar-refractivity contribution in [2.45, 2.75) is 0 Å². The van der Waals surface area contributed by atoms with Gasteiger partial charge < -0.3 is 14.2 Å². The average Bonchev–Trinajstić information content (AvgIpc) is 2.86. The van der Waals surface area contributed by atoms with Gasteiger partial charge in [0.2, 0.25) is 5.78 Å². The zero-order valence-corrected chi connectivity index (χ0v) is 18.8. The summed E-state index contributed by atoms with van der Waals surface area (Å²) in [5.41, 5.74) is 2.66. The Bertz CT molecular complexity index is 1330. The third-order valence-electron chi connectivity index (χ3n) is 5.12. The number of hydrogen-bond acceptors (Lipinski definition) is 6. The van der Waals surface area contributed by atoms with E-state index in [-0.39, 0.29) is 5.78 Å². The van der Waals surface area contributed by atoms with Crippen molar-refractivity contribution in [2.24, 2.45) is 0 Å². The van der Waals surface area contributed by atoms with Gasteiger partial charge in [0.15, 0.2) is 6.61 Å². The fraction of sp³-hybridized carbons (Fsp3) is 0.115. The fourth-order valence-electron chi connectivity index (χ4n) is 3.43. The summed E-state index contributed by atoms with van der Waals surface area (Å²) in [5, 5.41) is 1.24. The lowest BCUT2D eigenvalue weighted by atomic mass is 10.0. The minimum atomic E-state index is -0.621. The molecule has 1 aromatic heterocycles. The second-order valence-electron chi connectivity index (χ2n) is 7.14. The number of halogens is 1. The third kappa shape index (κ3) is 4.81. The second kappa shape index (κ2) is 9.71. The molecule has 0 saturated heterocycles. The van der Waals surface area contributed by atoms with E-state index in [4.69, 9.17) is 25.8 Å². The van der Waals surface area contributed by atoms with Gasteiger partial charge in [-0.2, -0.15) is 0 Å². The van der Waals surface area contributed by atoms with Gasteiger partial charge in [-0.1, -0.05) is 41.9 Å². The van der Waals surface area contributed by atoms with Crippen LogP contribution in [0.2, 0.25) is 5.02 Å². The Morgan fingerprint density at radius 2 is 1.64 bits per heavy atom. The van der Waals surface area contributed by atoms with Crippen LogP contribution in [0.5, 0.6) is 11.5 Å². The Morgan fingerprint density at radius 1 is 0.879 bits per heavy atom. The maximum Gasteiger partial charge on any atom is 0.339 e. The van der Waals surface area contributed by atoms with Gasteiger partial charge in [-0.3, -0.25) is 4.79 Å². The van der Waals surface area contributed by atoms with E-state index in [1.165, 1.54) is 14.2 Å². The summed E-state index contributed by atoms with van der Waals surface area (Å²) in [6.07, 6.45) is 0. The summed E-state index contributed by atoms with van der Waals surface area (Å²) in [6, 6.07) is 20.9. The van der Waals surface area contributed by atoms with E-state index in [1.54, 1.807) is 42.5 Å². The number of ether oxygens (including phenoxy) is 3. The molecule has 166 valence electrons. The fourth-order valence-corrected chi connectivity index (χ4v) is 3.55. The molecule has 4 aromatic rings. The molecule has 0 aliphatic carbocycles. The van der Waals surface area contributed by atoms with Crippen LogP contribution in [0.15, 0.2) is 72.8 Å². The largest absolute Gasteiger partial charge is 0.497 e. The monoisotopic (exact) mass is 461 g/mol. The number of benzene rings is 3. The molecular formula is C26H20ClNO5. The lowest BCUT2D eigenvalue weighted by Gasteiger charge is -2.12. The number of carbonyl (C=O) groups is 2. The van der Waals surface area contributed by atoms with Gasteiger partial charge >= 0.3 is 5.97 Å². The smallest absolute Gasteiger partial charge is 0.339 e. The quantitative estimate of drug-likeness (QED) is 0.263. The van der Waals surface area contributed by atoms with Crippen molar-refractivity contribution in [3.63, 3.8) is 0 Å². The van der Waals surface area contributed by atoms with Crippen molar-refractivity contribution in [3.8, 4) is 22.8 Å². The van der Waals surface area contributed by atoms with E-state index >= 15 is 0 Å². The molecule has 0 saturated carbocycles. The predicted octanol–water partition coefficient (Wildman–Crippen LogP) is 5.61. The Balaban J connectivity index is 1.61. The summed E-state index contributed by atoms with van der Waals surface area (Å²) in [7, 11) is 2.98. The zero-order chi connectivity index (χ0) is 23.4. The highest BCUT2D eigenvalue weighted by molar-refractivity contribution is 6.30. The highest BCUT2D eigenvalue weighted by atomic mass is 35.5. The minimum absolute atomic E-state index is 0.299. The highest BCUT2D eigenvalue weighted by Gasteiger charge is 2.19. The van der Waals surface area contributed by atoms with Crippen molar-refractivity contribution < 1.29 is 23.8 Å². The molecule has 6 nitrogen and oxygen atoms in total. The lowest BCUT2D eigenvalue weighted by molar-refractivity contribution is 0.0476. The lowest BCUT2D eigenvalue weighted by Crippen LogP contribution is -2.15. The molecular weight excluding hydrogens is 442 g/mol. The summed E-state index contributed by atoms with van der Waals surface area (Å²) in [5.74, 6) is -0.114. The summed E-state index contributed by atoms with van der Waals surface area (Å²) < 4.78 is 15.8. The molecule has 1 heterocycles. The number of carbonyl (C=O) groups excluding carboxylic acids is 2. The van der Waals surface area contributed by atoms with Crippen molar-refractivity contribution in [2.75, 3.05) is 20.8 Å². The summed E-state index contributed by atoms with van der Waals surface area (Å²) in [6.45, 7) is -0.436. The van der Waals surface area contributed by atoms with Gasteiger partial charge in [-0.25, -0.2) is 9.78 Å². The van der Waals surface area contributed by atoms with Gasteiger partial charge in [0.25, 0.3) is 0 Å². The molecule has 0 atom stereocenters. The van der Waals surface area contributed by atoms with Crippen LogP contribution < -0.4 is 9.47 Å². The summed E-state index contributed by atoms with van der Waals surface area (Å²) in [4.78, 5) is 30.4. The molecule has 33 heavy (non-hydrogen) atoms. The second-order valence-corrected chi connectivity index (χ2v) is 7.58. The number of esters is 1. The molecule has 0 radical (unpaired) electrons. The molecule has 0 aliphatic rings. The van der Waals surface area contributed by atoms with E-state index < -0.39 is 12.6 Å². The molecule has 7 heteroatoms. The zero-order valence-electron chi connectivity index (χ0n) is 18.0. The van der Waals surface area contributed by atoms with E-state index in [9.17, 15) is 9.59 Å². The van der Waals surface area contributed by atoms with E-state index in [0.717, 1.165) is 5.56 Å². The maximum absolute atomic E-state index is 13.0. The maximum atomic E-state index is 13.0. The molecule has 0 bridgehead atoms. The van der Waals surface area contributed by atoms with Crippen LogP contribution >= 0.6 is 11.6 Å². The van der Waals surface area contributed by atoms with Gasteiger partial charge in [0.1, 0.15) is 11.5 Å². The molecule has 0 N–H and O–H groups in total.